The number of halogens is 2. The molecule has 0 unspecified atom stereocenters. The summed E-state index contributed by atoms with van der Waals surface area (Å²) in [5.41, 5.74) is 2.94. The minimum absolute atomic E-state index is 0.0539. The van der Waals surface area contributed by atoms with E-state index in [1.165, 1.54) is 6.92 Å². The Balaban J connectivity index is 1.98. The predicted molar refractivity (Wildman–Crippen MR) is 102 cm³/mol. The Morgan fingerprint density at radius 1 is 1.08 bits per heavy atom. The average Bonchev–Trinajstić information content (AvgIpc) is 2.51. The smallest absolute Gasteiger partial charge is 0.243 e. The first kappa shape index (κ1) is 18.3. The Morgan fingerprint density at radius 3 is 2.42 bits per heavy atom. The summed E-state index contributed by atoms with van der Waals surface area (Å²) >= 11 is 9.52. The molecule has 0 saturated heterocycles. The number of amides is 2. The summed E-state index contributed by atoms with van der Waals surface area (Å²) < 4.78 is 0.986. The highest BCUT2D eigenvalue weighted by Crippen LogP contribution is 2.25. The third-order valence-corrected chi connectivity index (χ3v) is 4.39. The number of rotatable bonds is 5. The van der Waals surface area contributed by atoms with Gasteiger partial charge in [0.25, 0.3) is 0 Å². The van der Waals surface area contributed by atoms with E-state index < -0.39 is 0 Å². The molecule has 0 bridgehead atoms. The van der Waals surface area contributed by atoms with E-state index in [1.807, 2.05) is 25.1 Å². The van der Waals surface area contributed by atoms with Gasteiger partial charge in [0.1, 0.15) is 0 Å². The third-order valence-electron chi connectivity index (χ3n) is 3.17. The maximum Gasteiger partial charge on any atom is 0.243 e. The van der Waals surface area contributed by atoms with Crippen molar-refractivity contribution in [3.63, 3.8) is 0 Å². The molecule has 0 spiro atoms. The Bertz CT molecular complexity index is 780. The van der Waals surface area contributed by atoms with Crippen LogP contribution < -0.4 is 16.0 Å². The molecule has 2 aromatic carbocycles. The van der Waals surface area contributed by atoms with Crippen molar-refractivity contribution in [3.8, 4) is 0 Å². The van der Waals surface area contributed by atoms with Gasteiger partial charge in [-0.05, 0) is 48.9 Å². The van der Waals surface area contributed by atoms with Crippen LogP contribution in [0.5, 0.6) is 0 Å². The van der Waals surface area contributed by atoms with Crippen LogP contribution in [0, 0.1) is 6.92 Å². The van der Waals surface area contributed by atoms with Crippen molar-refractivity contribution in [2.75, 3.05) is 22.5 Å². The monoisotopic (exact) mass is 409 g/mol. The largest absolute Gasteiger partial charge is 0.375 e. The summed E-state index contributed by atoms with van der Waals surface area (Å²) in [5, 5.41) is 8.92. The highest BCUT2D eigenvalue weighted by Gasteiger charge is 2.07. The van der Waals surface area contributed by atoms with Crippen molar-refractivity contribution < 1.29 is 9.59 Å². The number of hydrogen-bond donors (Lipinski definition) is 3. The summed E-state index contributed by atoms with van der Waals surface area (Å²) in [4.78, 5) is 23.2. The van der Waals surface area contributed by atoms with Crippen molar-refractivity contribution in [2.45, 2.75) is 13.8 Å². The lowest BCUT2D eigenvalue weighted by atomic mass is 10.2. The zero-order valence-corrected chi connectivity index (χ0v) is 15.6. The molecule has 5 nitrogen and oxygen atoms in total. The van der Waals surface area contributed by atoms with Crippen molar-refractivity contribution in [3.05, 3.63) is 51.5 Å². The van der Waals surface area contributed by atoms with Crippen molar-refractivity contribution in [1.29, 1.82) is 0 Å². The SMILES string of the molecule is CC(=O)Nc1ccc(Cl)c(NCC(=O)Nc2ccc(Br)c(C)c2)c1. The topological polar surface area (TPSA) is 70.2 Å². The number of anilines is 3. The van der Waals surface area contributed by atoms with Crippen LogP contribution in [0.25, 0.3) is 0 Å². The Morgan fingerprint density at radius 2 is 1.75 bits per heavy atom. The molecule has 2 rings (SSSR count). The quantitative estimate of drug-likeness (QED) is 0.683. The second kappa shape index (κ2) is 8.17. The van der Waals surface area contributed by atoms with Crippen LogP contribution in [-0.4, -0.2) is 18.4 Å². The average molecular weight is 411 g/mol. The van der Waals surface area contributed by atoms with Crippen molar-refractivity contribution in [1.82, 2.24) is 0 Å². The lowest BCUT2D eigenvalue weighted by molar-refractivity contribution is -0.115. The van der Waals surface area contributed by atoms with E-state index in [9.17, 15) is 9.59 Å². The fourth-order valence-electron chi connectivity index (χ4n) is 2.04. The van der Waals surface area contributed by atoms with Crippen LogP contribution in [0.15, 0.2) is 40.9 Å². The predicted octanol–water partition coefficient (Wildman–Crippen LogP) is 4.42. The fraction of sp³-hybridized carbons (Fsp3) is 0.176. The third kappa shape index (κ3) is 5.25. The van der Waals surface area contributed by atoms with Gasteiger partial charge in [0.2, 0.25) is 11.8 Å². The Kier molecular flexibility index (Phi) is 6.23. The van der Waals surface area contributed by atoms with Gasteiger partial charge in [-0.1, -0.05) is 27.5 Å². The van der Waals surface area contributed by atoms with E-state index >= 15 is 0 Å². The standard InChI is InChI=1S/C17H17BrClN3O2/c1-10-7-12(3-5-14(10)18)22-17(24)9-20-16-8-13(21-11(2)23)4-6-15(16)19/h3-8,20H,9H2,1-2H3,(H,21,23)(H,22,24). The summed E-state index contributed by atoms with van der Waals surface area (Å²) in [6.07, 6.45) is 0. The van der Waals surface area contributed by atoms with Crippen LogP contribution >= 0.6 is 27.5 Å². The second-order valence-corrected chi connectivity index (χ2v) is 6.50. The van der Waals surface area contributed by atoms with E-state index in [-0.39, 0.29) is 18.4 Å². The molecule has 0 radical (unpaired) electrons. The molecule has 2 amide bonds. The summed E-state index contributed by atoms with van der Waals surface area (Å²) in [6.45, 7) is 3.43. The second-order valence-electron chi connectivity index (χ2n) is 5.24. The van der Waals surface area contributed by atoms with E-state index in [4.69, 9.17) is 11.6 Å². The van der Waals surface area contributed by atoms with Gasteiger partial charge >= 0.3 is 0 Å². The van der Waals surface area contributed by atoms with E-state index in [0.29, 0.717) is 16.4 Å². The number of carbonyl (C=O) groups is 2. The molecule has 7 heteroatoms. The Hall–Kier alpha value is -2.05. The van der Waals surface area contributed by atoms with Gasteiger partial charge in [0.05, 0.1) is 17.3 Å². The van der Waals surface area contributed by atoms with Crippen molar-refractivity contribution >= 4 is 56.4 Å². The summed E-state index contributed by atoms with van der Waals surface area (Å²) in [6, 6.07) is 10.6. The van der Waals surface area contributed by atoms with Gasteiger partial charge < -0.3 is 16.0 Å². The maximum absolute atomic E-state index is 12.1. The van der Waals surface area contributed by atoms with Gasteiger partial charge in [-0.2, -0.15) is 0 Å². The first-order chi connectivity index (χ1) is 11.3. The van der Waals surface area contributed by atoms with Crippen LogP contribution in [0.4, 0.5) is 17.1 Å². The molecule has 3 N–H and O–H groups in total. The lowest BCUT2D eigenvalue weighted by Gasteiger charge is -2.11. The summed E-state index contributed by atoms with van der Waals surface area (Å²) in [5.74, 6) is -0.371. The number of hydrogen-bond acceptors (Lipinski definition) is 3. The van der Waals surface area contributed by atoms with Crippen LogP contribution in [-0.2, 0) is 9.59 Å². The van der Waals surface area contributed by atoms with Crippen LogP contribution in [0.1, 0.15) is 12.5 Å². The van der Waals surface area contributed by atoms with Crippen LogP contribution in [0.2, 0.25) is 5.02 Å². The number of aryl methyl sites for hydroxylation is 1. The van der Waals surface area contributed by atoms with Gasteiger partial charge in [0, 0.05) is 22.8 Å². The van der Waals surface area contributed by atoms with E-state index in [2.05, 4.69) is 31.9 Å². The van der Waals surface area contributed by atoms with Crippen LogP contribution in [0.3, 0.4) is 0 Å². The van der Waals surface area contributed by atoms with E-state index in [0.717, 1.165) is 15.7 Å². The minimum Gasteiger partial charge on any atom is -0.375 e. The lowest BCUT2D eigenvalue weighted by Crippen LogP contribution is -2.22. The molecule has 0 heterocycles. The molecule has 2 aromatic rings. The number of carbonyl (C=O) groups excluding carboxylic acids is 2. The molecule has 0 atom stereocenters. The van der Waals surface area contributed by atoms with E-state index in [1.54, 1.807) is 18.2 Å². The Labute approximate surface area is 153 Å². The van der Waals surface area contributed by atoms with Gasteiger partial charge in [-0.25, -0.2) is 0 Å². The highest BCUT2D eigenvalue weighted by atomic mass is 79.9. The normalized spacial score (nSPS) is 10.2. The zero-order valence-electron chi connectivity index (χ0n) is 13.2. The zero-order chi connectivity index (χ0) is 17.7. The highest BCUT2D eigenvalue weighted by molar-refractivity contribution is 9.10. The molecule has 0 saturated carbocycles. The van der Waals surface area contributed by atoms with Gasteiger partial charge in [0.15, 0.2) is 0 Å². The molecular weight excluding hydrogens is 394 g/mol. The molecular formula is C17H17BrClN3O2. The molecule has 0 aliphatic carbocycles. The van der Waals surface area contributed by atoms with Crippen molar-refractivity contribution in [2.24, 2.45) is 0 Å². The molecule has 126 valence electrons. The first-order valence-electron chi connectivity index (χ1n) is 7.22. The molecule has 0 fully saturated rings. The molecule has 0 aliphatic rings. The minimum atomic E-state index is -0.197. The molecule has 0 aromatic heterocycles. The number of benzene rings is 2. The number of nitrogens with one attached hydrogen (secondary N) is 3. The molecule has 24 heavy (non-hydrogen) atoms. The summed E-state index contributed by atoms with van der Waals surface area (Å²) in [7, 11) is 0. The maximum atomic E-state index is 12.1. The molecule has 0 aliphatic heterocycles. The fourth-order valence-corrected chi connectivity index (χ4v) is 2.48. The first-order valence-corrected chi connectivity index (χ1v) is 8.39. The van der Waals surface area contributed by atoms with Gasteiger partial charge in [-0.15, -0.1) is 0 Å². The van der Waals surface area contributed by atoms with Gasteiger partial charge in [-0.3, -0.25) is 9.59 Å².